The highest BCUT2D eigenvalue weighted by molar-refractivity contribution is 6.29. The van der Waals surface area contributed by atoms with E-state index in [2.05, 4.69) is 15.2 Å². The van der Waals surface area contributed by atoms with Crippen molar-refractivity contribution in [2.24, 2.45) is 0 Å². The predicted molar refractivity (Wildman–Crippen MR) is 78.7 cm³/mol. The highest BCUT2D eigenvalue weighted by Crippen LogP contribution is 2.29. The first kappa shape index (κ1) is 12.2. The molecule has 0 saturated carbocycles. The molecule has 0 atom stereocenters. The molecule has 0 N–H and O–H groups in total. The fraction of sp³-hybridized carbons (Fsp3) is 0. The summed E-state index contributed by atoms with van der Waals surface area (Å²) in [6.45, 7) is 0. The normalized spacial score (nSPS) is 11.3. The number of hydrogen-bond acceptors (Lipinski definition) is 3. The third kappa shape index (κ3) is 1.86. The van der Waals surface area contributed by atoms with Crippen LogP contribution >= 0.6 is 11.6 Å². The fourth-order valence-corrected chi connectivity index (χ4v) is 2.55. The van der Waals surface area contributed by atoms with E-state index in [0.717, 1.165) is 10.9 Å². The summed E-state index contributed by atoms with van der Waals surface area (Å²) in [5.41, 5.74) is 1.39. The minimum absolute atomic E-state index is 0.260. The molecule has 0 unspecified atom stereocenters. The van der Waals surface area contributed by atoms with Gasteiger partial charge in [0, 0.05) is 17.0 Å². The molecule has 102 valence electrons. The smallest absolute Gasteiger partial charge is 0.170 e. The Hall–Kier alpha value is -2.53. The maximum absolute atomic E-state index is 13.9. The highest BCUT2D eigenvalue weighted by Gasteiger charge is 2.13. The number of benzene rings is 2. The second kappa shape index (κ2) is 4.49. The first-order valence-electron chi connectivity index (χ1n) is 6.28. The molecule has 2 heterocycles. The predicted octanol–water partition coefficient (Wildman–Crippen LogP) is 3.74. The van der Waals surface area contributed by atoms with Gasteiger partial charge in [0.05, 0.1) is 0 Å². The van der Waals surface area contributed by atoms with E-state index < -0.39 is 0 Å². The molecule has 6 heteroatoms. The van der Waals surface area contributed by atoms with Gasteiger partial charge in [-0.05, 0) is 17.5 Å². The van der Waals surface area contributed by atoms with Crippen LogP contribution in [0, 0.1) is 5.82 Å². The van der Waals surface area contributed by atoms with Crippen LogP contribution in [0.4, 0.5) is 4.39 Å². The van der Waals surface area contributed by atoms with Crippen LogP contribution in [0.3, 0.4) is 0 Å². The molecule has 4 aromatic rings. The number of nitrogens with zero attached hydrogens (tertiary/aromatic N) is 4. The summed E-state index contributed by atoms with van der Waals surface area (Å²) < 4.78 is 15.6. The second-order valence-corrected chi connectivity index (χ2v) is 4.99. The molecule has 0 aliphatic carbocycles. The average Bonchev–Trinajstić information content (AvgIpc) is 2.91. The average molecular weight is 299 g/mol. The zero-order chi connectivity index (χ0) is 14.4. The van der Waals surface area contributed by atoms with Gasteiger partial charge in [-0.25, -0.2) is 9.37 Å². The Morgan fingerprint density at radius 1 is 1.00 bits per heavy atom. The lowest BCUT2D eigenvalue weighted by Crippen LogP contribution is -1.93. The largest absolute Gasteiger partial charge is 0.265 e. The molecule has 2 aromatic carbocycles. The molecule has 0 fully saturated rings. The van der Waals surface area contributed by atoms with E-state index in [1.54, 1.807) is 35.0 Å². The third-order valence-electron chi connectivity index (χ3n) is 3.38. The highest BCUT2D eigenvalue weighted by atomic mass is 35.5. The van der Waals surface area contributed by atoms with Gasteiger partial charge in [-0.1, -0.05) is 35.9 Å². The van der Waals surface area contributed by atoms with Crippen molar-refractivity contribution >= 4 is 28.0 Å². The Morgan fingerprint density at radius 3 is 2.67 bits per heavy atom. The summed E-state index contributed by atoms with van der Waals surface area (Å²) in [6.07, 6.45) is 1.56. The van der Waals surface area contributed by atoms with Gasteiger partial charge in [0.2, 0.25) is 0 Å². The summed E-state index contributed by atoms with van der Waals surface area (Å²) >= 11 is 5.85. The SMILES string of the molecule is Fc1ccc(-c2nnc3cc(Cl)ncn23)c2ccccc12. The van der Waals surface area contributed by atoms with Gasteiger partial charge in [-0.15, -0.1) is 10.2 Å². The lowest BCUT2D eigenvalue weighted by atomic mass is 10.0. The minimum atomic E-state index is -0.260. The van der Waals surface area contributed by atoms with Gasteiger partial charge >= 0.3 is 0 Å². The maximum Gasteiger partial charge on any atom is 0.170 e. The first-order valence-corrected chi connectivity index (χ1v) is 6.66. The van der Waals surface area contributed by atoms with E-state index in [-0.39, 0.29) is 5.82 Å². The first-order chi connectivity index (χ1) is 10.2. The quantitative estimate of drug-likeness (QED) is 0.503. The fourth-order valence-electron chi connectivity index (χ4n) is 2.41. The van der Waals surface area contributed by atoms with E-state index >= 15 is 0 Å². The van der Waals surface area contributed by atoms with Gasteiger partial charge in [0.25, 0.3) is 0 Å². The summed E-state index contributed by atoms with van der Waals surface area (Å²) in [7, 11) is 0. The lowest BCUT2D eigenvalue weighted by Gasteiger charge is -2.06. The zero-order valence-electron chi connectivity index (χ0n) is 10.7. The van der Waals surface area contributed by atoms with E-state index in [0.29, 0.717) is 22.0 Å². The molecule has 0 aliphatic heterocycles. The Morgan fingerprint density at radius 2 is 1.81 bits per heavy atom. The molecule has 2 aromatic heterocycles. The summed E-state index contributed by atoms with van der Waals surface area (Å²) in [4.78, 5) is 4.04. The van der Waals surface area contributed by atoms with Gasteiger partial charge in [-0.3, -0.25) is 4.40 Å². The topological polar surface area (TPSA) is 43.1 Å². The van der Waals surface area contributed by atoms with E-state index in [9.17, 15) is 4.39 Å². The van der Waals surface area contributed by atoms with Crippen LogP contribution in [0.1, 0.15) is 0 Å². The van der Waals surface area contributed by atoms with Crippen LogP contribution in [0.5, 0.6) is 0 Å². The molecule has 0 amide bonds. The van der Waals surface area contributed by atoms with Gasteiger partial charge in [-0.2, -0.15) is 0 Å². The molecular formula is C15H8ClFN4. The van der Waals surface area contributed by atoms with Gasteiger partial charge in [0.1, 0.15) is 17.3 Å². The monoisotopic (exact) mass is 298 g/mol. The summed E-state index contributed by atoms with van der Waals surface area (Å²) in [5.74, 6) is 0.342. The Bertz CT molecular complexity index is 980. The summed E-state index contributed by atoms with van der Waals surface area (Å²) in [6, 6.07) is 12.0. The molecule has 4 rings (SSSR count). The Labute approximate surface area is 123 Å². The number of fused-ring (bicyclic) bond motifs is 2. The maximum atomic E-state index is 13.9. The van der Waals surface area contributed by atoms with Crippen molar-refractivity contribution in [1.29, 1.82) is 0 Å². The molecule has 4 nitrogen and oxygen atoms in total. The van der Waals surface area contributed by atoms with Gasteiger partial charge in [0.15, 0.2) is 11.5 Å². The van der Waals surface area contributed by atoms with Crippen LogP contribution in [0.2, 0.25) is 5.15 Å². The van der Waals surface area contributed by atoms with E-state index in [4.69, 9.17) is 11.6 Å². The molecule has 0 aliphatic rings. The van der Waals surface area contributed by atoms with Crippen LogP contribution in [-0.2, 0) is 0 Å². The molecule has 21 heavy (non-hydrogen) atoms. The third-order valence-corrected chi connectivity index (χ3v) is 3.59. The van der Waals surface area contributed by atoms with Crippen molar-refractivity contribution in [3.8, 4) is 11.4 Å². The van der Waals surface area contributed by atoms with Crippen molar-refractivity contribution in [1.82, 2.24) is 19.6 Å². The van der Waals surface area contributed by atoms with Crippen molar-refractivity contribution in [2.45, 2.75) is 0 Å². The van der Waals surface area contributed by atoms with Crippen molar-refractivity contribution in [3.05, 3.63) is 59.8 Å². The standard InChI is InChI=1S/C15H8ClFN4/c16-13-7-14-19-20-15(21(14)8-18-13)11-5-6-12(17)10-4-2-1-3-9(10)11/h1-8H. The second-order valence-electron chi connectivity index (χ2n) is 4.60. The van der Waals surface area contributed by atoms with Crippen LogP contribution < -0.4 is 0 Å². The molecule has 0 saturated heterocycles. The van der Waals surface area contributed by atoms with E-state index in [1.165, 1.54) is 6.07 Å². The number of hydrogen-bond donors (Lipinski definition) is 0. The van der Waals surface area contributed by atoms with Crippen LogP contribution in [0.15, 0.2) is 48.8 Å². The van der Waals surface area contributed by atoms with Gasteiger partial charge < -0.3 is 0 Å². The Kier molecular flexibility index (Phi) is 2.62. The zero-order valence-corrected chi connectivity index (χ0v) is 11.4. The molecule has 0 bridgehead atoms. The van der Waals surface area contributed by atoms with E-state index in [1.807, 2.05) is 12.1 Å². The summed E-state index contributed by atoms with van der Waals surface area (Å²) in [5, 5.41) is 9.94. The minimum Gasteiger partial charge on any atom is -0.265 e. The number of rotatable bonds is 1. The number of aromatic nitrogens is 4. The van der Waals surface area contributed by atoms with Crippen molar-refractivity contribution < 1.29 is 4.39 Å². The Balaban J connectivity index is 2.07. The molecule has 0 spiro atoms. The lowest BCUT2D eigenvalue weighted by molar-refractivity contribution is 0.640. The van der Waals surface area contributed by atoms with Crippen LogP contribution in [0.25, 0.3) is 27.8 Å². The van der Waals surface area contributed by atoms with Crippen molar-refractivity contribution in [3.63, 3.8) is 0 Å². The molecule has 0 radical (unpaired) electrons. The molecular weight excluding hydrogens is 291 g/mol. The van der Waals surface area contributed by atoms with Crippen LogP contribution in [-0.4, -0.2) is 19.6 Å². The number of halogens is 2. The van der Waals surface area contributed by atoms with Crippen molar-refractivity contribution in [2.75, 3.05) is 0 Å².